The summed E-state index contributed by atoms with van der Waals surface area (Å²) in [6.07, 6.45) is 2.85. The Balaban J connectivity index is 1.65. The van der Waals surface area contributed by atoms with Crippen LogP contribution in [-0.4, -0.2) is 65.5 Å². The van der Waals surface area contributed by atoms with Gasteiger partial charge in [0.1, 0.15) is 5.60 Å². The van der Waals surface area contributed by atoms with E-state index in [1.807, 2.05) is 52.1 Å². The number of hydrogen-bond donors (Lipinski definition) is 2. The smallest absolute Gasteiger partial charge is 0.407 e. The first kappa shape index (κ1) is 25.8. The SMILES string of the molecule is COc1cc2c(cc1OCC(=O)O)CCN1C[C@@H](c3cc(C)ccn3)[C@H](NC(=O)OC(C)(C)C)C[C@H]21. The van der Waals surface area contributed by atoms with E-state index in [1.165, 1.54) is 0 Å². The van der Waals surface area contributed by atoms with Crippen LogP contribution in [0.2, 0.25) is 0 Å². The summed E-state index contributed by atoms with van der Waals surface area (Å²) in [5.41, 5.74) is 3.68. The van der Waals surface area contributed by atoms with Crippen LogP contribution in [0, 0.1) is 6.92 Å². The number of aliphatic carboxylic acids is 1. The zero-order chi connectivity index (χ0) is 26.0. The van der Waals surface area contributed by atoms with Crippen LogP contribution >= 0.6 is 0 Å². The Kier molecular flexibility index (Phi) is 7.40. The van der Waals surface area contributed by atoms with Crippen LogP contribution in [0.25, 0.3) is 0 Å². The summed E-state index contributed by atoms with van der Waals surface area (Å²) in [5, 5.41) is 12.1. The predicted octanol–water partition coefficient (Wildman–Crippen LogP) is 3.84. The maximum absolute atomic E-state index is 12.8. The molecule has 1 fully saturated rings. The van der Waals surface area contributed by atoms with Crippen molar-refractivity contribution in [3.8, 4) is 11.5 Å². The summed E-state index contributed by atoms with van der Waals surface area (Å²) in [5.74, 6) is -0.112. The van der Waals surface area contributed by atoms with E-state index in [-0.39, 0.29) is 18.0 Å². The summed E-state index contributed by atoms with van der Waals surface area (Å²) < 4.78 is 16.6. The largest absolute Gasteiger partial charge is 0.493 e. The number of nitrogens with one attached hydrogen (secondary N) is 1. The van der Waals surface area contributed by atoms with Gasteiger partial charge in [-0.3, -0.25) is 9.88 Å². The minimum absolute atomic E-state index is 0.00953. The minimum atomic E-state index is -1.04. The number of amides is 1. The van der Waals surface area contributed by atoms with Gasteiger partial charge in [0.25, 0.3) is 0 Å². The standard InChI is InChI=1S/C27H35N3O6/c1-16-6-8-28-20(10-16)19-14-30-9-7-17-11-24(35-15-25(31)32)23(34-5)12-18(17)22(30)13-21(19)29-26(33)36-27(2,3)4/h6,8,10-12,19,21-22H,7,9,13-15H2,1-5H3,(H,29,33)(H,31,32)/t19-,21+,22+/m0/s1. The average molecular weight is 498 g/mol. The topological polar surface area (TPSA) is 110 Å². The molecule has 0 saturated carbocycles. The lowest BCUT2D eigenvalue weighted by molar-refractivity contribution is -0.139. The van der Waals surface area contributed by atoms with E-state index in [0.29, 0.717) is 17.9 Å². The molecule has 0 aliphatic carbocycles. The Labute approximate surface area is 211 Å². The van der Waals surface area contributed by atoms with Crippen molar-refractivity contribution in [2.24, 2.45) is 0 Å². The van der Waals surface area contributed by atoms with Crippen molar-refractivity contribution in [1.82, 2.24) is 15.2 Å². The number of nitrogens with zero attached hydrogens (tertiary/aromatic N) is 2. The number of ether oxygens (including phenoxy) is 3. The molecule has 0 unspecified atom stereocenters. The average Bonchev–Trinajstić information content (AvgIpc) is 2.80. The van der Waals surface area contributed by atoms with Crippen LogP contribution < -0.4 is 14.8 Å². The Hall–Kier alpha value is -3.33. The molecular weight excluding hydrogens is 462 g/mol. The lowest BCUT2D eigenvalue weighted by atomic mass is 9.79. The molecule has 0 radical (unpaired) electrons. The number of aryl methyl sites for hydroxylation is 1. The third-order valence-electron chi connectivity index (χ3n) is 6.66. The number of piperidine rings is 1. The number of rotatable bonds is 6. The highest BCUT2D eigenvalue weighted by Crippen LogP contribution is 2.44. The molecule has 4 rings (SSSR count). The molecule has 2 aromatic rings. The van der Waals surface area contributed by atoms with Crippen LogP contribution in [-0.2, 0) is 16.0 Å². The molecule has 2 N–H and O–H groups in total. The second kappa shape index (κ2) is 10.3. The van der Waals surface area contributed by atoms with E-state index < -0.39 is 24.3 Å². The van der Waals surface area contributed by atoms with Crippen molar-refractivity contribution in [3.05, 3.63) is 52.8 Å². The van der Waals surface area contributed by atoms with Crippen LogP contribution in [0.15, 0.2) is 30.5 Å². The van der Waals surface area contributed by atoms with E-state index in [9.17, 15) is 9.59 Å². The molecule has 9 nitrogen and oxygen atoms in total. The predicted molar refractivity (Wildman–Crippen MR) is 134 cm³/mol. The van der Waals surface area contributed by atoms with Gasteiger partial charge >= 0.3 is 12.1 Å². The number of alkyl carbamates (subject to hydrolysis) is 1. The number of benzene rings is 1. The molecule has 2 aliphatic heterocycles. The second-order valence-corrected chi connectivity index (χ2v) is 10.5. The fourth-order valence-corrected chi connectivity index (χ4v) is 5.13. The van der Waals surface area contributed by atoms with E-state index in [4.69, 9.17) is 19.3 Å². The number of carbonyl (C=O) groups excluding carboxylic acids is 1. The number of aromatic nitrogens is 1. The van der Waals surface area contributed by atoms with Crippen molar-refractivity contribution in [1.29, 1.82) is 0 Å². The van der Waals surface area contributed by atoms with Crippen molar-refractivity contribution in [2.75, 3.05) is 26.8 Å². The highest BCUT2D eigenvalue weighted by Gasteiger charge is 2.41. The summed E-state index contributed by atoms with van der Waals surface area (Å²) >= 11 is 0. The normalized spacial score (nSPS) is 21.6. The van der Waals surface area contributed by atoms with Gasteiger partial charge in [-0.15, -0.1) is 0 Å². The van der Waals surface area contributed by atoms with Gasteiger partial charge in [-0.1, -0.05) is 0 Å². The molecule has 36 heavy (non-hydrogen) atoms. The van der Waals surface area contributed by atoms with E-state index in [0.717, 1.165) is 41.9 Å². The first-order valence-electron chi connectivity index (χ1n) is 12.3. The van der Waals surface area contributed by atoms with Crippen LogP contribution in [0.3, 0.4) is 0 Å². The molecule has 3 heterocycles. The van der Waals surface area contributed by atoms with Gasteiger partial charge in [0.2, 0.25) is 0 Å². The fraction of sp³-hybridized carbons (Fsp3) is 0.519. The fourth-order valence-electron chi connectivity index (χ4n) is 5.13. The molecule has 0 bridgehead atoms. The molecule has 3 atom stereocenters. The summed E-state index contributed by atoms with van der Waals surface area (Å²) in [4.78, 5) is 30.9. The Morgan fingerprint density at radius 3 is 2.67 bits per heavy atom. The van der Waals surface area contributed by atoms with Gasteiger partial charge in [0.15, 0.2) is 18.1 Å². The van der Waals surface area contributed by atoms with Gasteiger partial charge in [0, 0.05) is 43.0 Å². The number of pyridine rings is 1. The molecular formula is C27H35N3O6. The van der Waals surface area contributed by atoms with Gasteiger partial charge < -0.3 is 24.6 Å². The number of carbonyl (C=O) groups is 2. The first-order chi connectivity index (χ1) is 17.0. The summed E-state index contributed by atoms with van der Waals surface area (Å²) in [7, 11) is 1.54. The van der Waals surface area contributed by atoms with Crippen molar-refractivity contribution < 1.29 is 28.9 Å². The van der Waals surface area contributed by atoms with Gasteiger partial charge in [0.05, 0.1) is 7.11 Å². The Morgan fingerprint density at radius 2 is 2.00 bits per heavy atom. The monoisotopic (exact) mass is 497 g/mol. The van der Waals surface area contributed by atoms with Gasteiger partial charge in [-0.2, -0.15) is 0 Å². The molecule has 9 heteroatoms. The van der Waals surface area contributed by atoms with Crippen LogP contribution in [0.5, 0.6) is 11.5 Å². The Bertz CT molecular complexity index is 1130. The minimum Gasteiger partial charge on any atom is -0.493 e. The number of methoxy groups -OCH3 is 1. The number of fused-ring (bicyclic) bond motifs is 3. The molecule has 194 valence electrons. The van der Waals surface area contributed by atoms with Crippen molar-refractivity contribution >= 4 is 12.1 Å². The molecule has 1 saturated heterocycles. The van der Waals surface area contributed by atoms with Crippen LogP contribution in [0.1, 0.15) is 61.5 Å². The lowest BCUT2D eigenvalue weighted by Crippen LogP contribution is -2.53. The summed E-state index contributed by atoms with van der Waals surface area (Å²) in [6.45, 7) is 8.73. The van der Waals surface area contributed by atoms with Crippen molar-refractivity contribution in [3.63, 3.8) is 0 Å². The van der Waals surface area contributed by atoms with Gasteiger partial charge in [-0.25, -0.2) is 9.59 Å². The number of carboxylic acids is 1. The zero-order valence-corrected chi connectivity index (χ0v) is 21.5. The molecule has 2 aliphatic rings. The van der Waals surface area contributed by atoms with Gasteiger partial charge in [-0.05, 0) is 81.5 Å². The maximum atomic E-state index is 12.8. The third kappa shape index (κ3) is 5.90. The third-order valence-corrected chi connectivity index (χ3v) is 6.66. The number of carboxylic acid groups (broad SMARTS) is 1. The van der Waals surface area contributed by atoms with E-state index >= 15 is 0 Å². The molecule has 1 aromatic heterocycles. The summed E-state index contributed by atoms with van der Waals surface area (Å²) in [6, 6.07) is 7.76. The second-order valence-electron chi connectivity index (χ2n) is 10.5. The van der Waals surface area contributed by atoms with E-state index in [1.54, 1.807) is 7.11 Å². The first-order valence-corrected chi connectivity index (χ1v) is 12.3. The molecule has 1 amide bonds. The highest BCUT2D eigenvalue weighted by atomic mass is 16.6. The molecule has 0 spiro atoms. The highest BCUT2D eigenvalue weighted by molar-refractivity contribution is 5.69. The van der Waals surface area contributed by atoms with Crippen LogP contribution in [0.4, 0.5) is 4.79 Å². The lowest BCUT2D eigenvalue weighted by Gasteiger charge is -2.47. The Morgan fingerprint density at radius 1 is 1.22 bits per heavy atom. The molecule has 1 aromatic carbocycles. The van der Waals surface area contributed by atoms with E-state index in [2.05, 4.69) is 21.3 Å². The van der Waals surface area contributed by atoms with Crippen molar-refractivity contribution in [2.45, 2.75) is 64.1 Å². The maximum Gasteiger partial charge on any atom is 0.407 e. The quantitative estimate of drug-likeness (QED) is 0.620. The number of hydrogen-bond acceptors (Lipinski definition) is 7. The zero-order valence-electron chi connectivity index (χ0n) is 21.5.